The molecule has 3 N–H and O–H groups in total. The number of carboxylic acids is 1. The highest BCUT2D eigenvalue weighted by atomic mass is 19.4. The summed E-state index contributed by atoms with van der Waals surface area (Å²) in [5, 5.41) is 13.0. The van der Waals surface area contributed by atoms with Crippen molar-refractivity contribution in [2.24, 2.45) is 0 Å². The van der Waals surface area contributed by atoms with Gasteiger partial charge in [0.05, 0.1) is 0 Å². The van der Waals surface area contributed by atoms with Gasteiger partial charge < -0.3 is 20.5 Å². The van der Waals surface area contributed by atoms with Crippen molar-refractivity contribution < 1.29 is 42.2 Å². The van der Waals surface area contributed by atoms with Gasteiger partial charge in [-0.3, -0.25) is 14.4 Å². The maximum atomic E-state index is 12.3. The van der Waals surface area contributed by atoms with E-state index in [1.807, 2.05) is 0 Å². The van der Waals surface area contributed by atoms with Gasteiger partial charge in [0.15, 0.2) is 6.61 Å². The van der Waals surface area contributed by atoms with Gasteiger partial charge in [-0.1, -0.05) is 12.1 Å². The molecule has 1 unspecified atom stereocenters. The van der Waals surface area contributed by atoms with E-state index in [1.54, 1.807) is 0 Å². The maximum Gasteiger partial charge on any atom is 0.471 e. The van der Waals surface area contributed by atoms with Crippen LogP contribution in [0.3, 0.4) is 0 Å². The van der Waals surface area contributed by atoms with Crippen LogP contribution in [0.1, 0.15) is 15.9 Å². The summed E-state index contributed by atoms with van der Waals surface area (Å²) in [5.74, 6) is -4.07. The molecule has 0 aliphatic rings. The minimum absolute atomic E-state index is 0.313. The highest BCUT2D eigenvalue weighted by Crippen LogP contribution is 2.16. The summed E-state index contributed by atoms with van der Waals surface area (Å²) in [7, 11) is 0. The van der Waals surface area contributed by atoms with Crippen LogP contribution in [-0.4, -0.2) is 48.0 Å². The smallest absolute Gasteiger partial charge is 0.471 e. The second-order valence-electron chi connectivity index (χ2n) is 6.29. The van der Waals surface area contributed by atoms with Crippen LogP contribution in [0.4, 0.5) is 18.9 Å². The van der Waals surface area contributed by atoms with Crippen molar-refractivity contribution in [2.75, 3.05) is 11.9 Å². The minimum atomic E-state index is -5.19. The zero-order chi connectivity index (χ0) is 23.0. The molecule has 11 heteroatoms. The molecule has 164 valence electrons. The van der Waals surface area contributed by atoms with Crippen LogP contribution < -0.4 is 15.4 Å². The zero-order valence-corrected chi connectivity index (χ0v) is 15.8. The monoisotopic (exact) mass is 438 g/mol. The number of hydrogen-bond acceptors (Lipinski definition) is 5. The topological polar surface area (TPSA) is 122 Å². The van der Waals surface area contributed by atoms with Gasteiger partial charge in [-0.25, -0.2) is 4.79 Å². The van der Waals surface area contributed by atoms with Crippen molar-refractivity contribution in [1.29, 1.82) is 0 Å². The fourth-order valence-electron chi connectivity index (χ4n) is 2.39. The SMILES string of the molecule is O=Cc1ccc(OCC(=O)Nc2ccc(CC(NC(=O)C(F)(F)F)C(=O)O)cc2)cc1. The predicted octanol–water partition coefficient (Wildman–Crippen LogP) is 2.19. The van der Waals surface area contributed by atoms with Crippen LogP contribution in [0.5, 0.6) is 5.75 Å². The first-order chi connectivity index (χ1) is 14.6. The molecule has 31 heavy (non-hydrogen) atoms. The number of amides is 2. The van der Waals surface area contributed by atoms with E-state index >= 15 is 0 Å². The van der Waals surface area contributed by atoms with Gasteiger partial charge in [-0.05, 0) is 42.0 Å². The fourth-order valence-corrected chi connectivity index (χ4v) is 2.39. The van der Waals surface area contributed by atoms with Crippen LogP contribution in [0.15, 0.2) is 48.5 Å². The molecular weight excluding hydrogens is 421 g/mol. The van der Waals surface area contributed by atoms with Crippen LogP contribution >= 0.6 is 0 Å². The minimum Gasteiger partial charge on any atom is -0.484 e. The summed E-state index contributed by atoms with van der Waals surface area (Å²) in [4.78, 5) is 44.6. The van der Waals surface area contributed by atoms with E-state index in [4.69, 9.17) is 9.84 Å². The lowest BCUT2D eigenvalue weighted by Crippen LogP contribution is -2.47. The second kappa shape index (κ2) is 10.2. The van der Waals surface area contributed by atoms with E-state index in [9.17, 15) is 32.3 Å². The number of aldehydes is 1. The summed E-state index contributed by atoms with van der Waals surface area (Å²) < 4.78 is 42.2. The molecule has 0 saturated heterocycles. The summed E-state index contributed by atoms with van der Waals surface area (Å²) in [5.41, 5.74) is 1.14. The van der Waals surface area contributed by atoms with Gasteiger partial charge in [0.1, 0.15) is 18.1 Å². The number of carbonyl (C=O) groups excluding carboxylic acids is 3. The van der Waals surface area contributed by atoms with Crippen LogP contribution in [-0.2, 0) is 20.8 Å². The molecule has 1 atom stereocenters. The molecule has 0 fully saturated rings. The molecule has 8 nitrogen and oxygen atoms in total. The highest BCUT2D eigenvalue weighted by Gasteiger charge is 2.40. The maximum absolute atomic E-state index is 12.3. The first-order valence-electron chi connectivity index (χ1n) is 8.76. The molecule has 0 radical (unpaired) electrons. The summed E-state index contributed by atoms with van der Waals surface area (Å²) in [6.07, 6.45) is -4.91. The number of aliphatic carboxylic acids is 1. The van der Waals surface area contributed by atoms with Gasteiger partial charge in [0.25, 0.3) is 5.91 Å². The Bertz CT molecular complexity index is 943. The average molecular weight is 438 g/mol. The van der Waals surface area contributed by atoms with Crippen LogP contribution in [0.25, 0.3) is 0 Å². The lowest BCUT2D eigenvalue weighted by Gasteiger charge is -2.16. The van der Waals surface area contributed by atoms with Crippen molar-refractivity contribution in [2.45, 2.75) is 18.6 Å². The number of anilines is 1. The van der Waals surface area contributed by atoms with E-state index in [0.29, 0.717) is 28.8 Å². The predicted molar refractivity (Wildman–Crippen MR) is 102 cm³/mol. The molecule has 0 saturated carbocycles. The van der Waals surface area contributed by atoms with Gasteiger partial charge in [0.2, 0.25) is 0 Å². The zero-order valence-electron chi connectivity index (χ0n) is 15.8. The number of hydrogen-bond donors (Lipinski definition) is 3. The Balaban J connectivity index is 1.89. The number of rotatable bonds is 9. The van der Waals surface area contributed by atoms with E-state index in [0.717, 1.165) is 0 Å². The van der Waals surface area contributed by atoms with Crippen molar-refractivity contribution in [3.05, 3.63) is 59.7 Å². The number of benzene rings is 2. The van der Waals surface area contributed by atoms with Gasteiger partial charge in [0, 0.05) is 17.7 Å². The normalized spacial score (nSPS) is 11.8. The quantitative estimate of drug-likeness (QED) is 0.516. The number of carbonyl (C=O) groups is 4. The third-order valence-corrected chi connectivity index (χ3v) is 3.92. The first-order valence-corrected chi connectivity index (χ1v) is 8.76. The molecule has 0 heterocycles. The third kappa shape index (κ3) is 7.46. The van der Waals surface area contributed by atoms with Crippen molar-refractivity contribution in [3.63, 3.8) is 0 Å². The molecule has 0 bridgehead atoms. The number of ether oxygens (including phenoxy) is 1. The molecule has 2 aromatic rings. The van der Waals surface area contributed by atoms with Crippen LogP contribution in [0, 0.1) is 0 Å². The van der Waals surface area contributed by atoms with Crippen LogP contribution in [0.2, 0.25) is 0 Å². The third-order valence-electron chi connectivity index (χ3n) is 3.92. The second-order valence-corrected chi connectivity index (χ2v) is 6.29. The number of nitrogens with one attached hydrogen (secondary N) is 2. The van der Waals surface area contributed by atoms with E-state index in [1.165, 1.54) is 53.8 Å². The first kappa shape index (κ1) is 23.4. The van der Waals surface area contributed by atoms with Gasteiger partial charge in [-0.2, -0.15) is 13.2 Å². The van der Waals surface area contributed by atoms with E-state index < -0.39 is 30.0 Å². The average Bonchev–Trinajstić information content (AvgIpc) is 2.72. The molecule has 2 rings (SSSR count). The summed E-state index contributed by atoms with van der Waals surface area (Å²) in [6.45, 7) is -0.313. The Morgan fingerprint density at radius 1 is 1.03 bits per heavy atom. The van der Waals surface area contributed by atoms with Gasteiger partial charge in [-0.15, -0.1) is 0 Å². The Hall–Kier alpha value is -3.89. The standard InChI is InChI=1S/C20H17F3N2O6/c21-20(22,23)19(30)25-16(18(28)29)9-12-1-5-14(6-2-12)24-17(27)11-31-15-7-3-13(10-26)4-8-15/h1-8,10,16H,9,11H2,(H,24,27)(H,25,30)(H,28,29). The molecular formula is C20H17F3N2O6. The van der Waals surface area contributed by atoms with E-state index in [2.05, 4.69) is 5.32 Å². The molecule has 2 aromatic carbocycles. The van der Waals surface area contributed by atoms with Gasteiger partial charge >= 0.3 is 18.1 Å². The molecule has 0 aliphatic heterocycles. The number of alkyl halides is 3. The van der Waals surface area contributed by atoms with Crippen molar-refractivity contribution in [3.8, 4) is 5.75 Å². The molecule has 0 spiro atoms. The largest absolute Gasteiger partial charge is 0.484 e. The molecule has 0 aromatic heterocycles. The van der Waals surface area contributed by atoms with E-state index in [-0.39, 0.29) is 13.0 Å². The van der Waals surface area contributed by atoms with Crippen molar-refractivity contribution in [1.82, 2.24) is 5.32 Å². The molecule has 2 amide bonds. The Morgan fingerprint density at radius 2 is 1.65 bits per heavy atom. The highest BCUT2D eigenvalue weighted by molar-refractivity contribution is 5.92. The summed E-state index contributed by atoms with van der Waals surface area (Å²) in [6, 6.07) is 10.0. The Morgan fingerprint density at radius 3 is 2.16 bits per heavy atom. The number of carboxylic acid groups (broad SMARTS) is 1. The lowest BCUT2D eigenvalue weighted by atomic mass is 10.1. The molecule has 0 aliphatic carbocycles. The summed E-state index contributed by atoms with van der Waals surface area (Å²) >= 11 is 0. The Labute approximate surface area is 174 Å². The van der Waals surface area contributed by atoms with Crippen molar-refractivity contribution >= 4 is 29.8 Å². The Kier molecular flexibility index (Phi) is 7.72. The lowest BCUT2D eigenvalue weighted by molar-refractivity contribution is -0.175. The fraction of sp³-hybridized carbons (Fsp3) is 0.200. The number of halogens is 3.